The maximum atomic E-state index is 10.0. The molecule has 0 spiro atoms. The van der Waals surface area contributed by atoms with E-state index in [1.54, 1.807) is 0 Å². The molecular formula is C11H20OS. The van der Waals surface area contributed by atoms with Crippen LogP contribution in [0.25, 0.3) is 0 Å². The summed E-state index contributed by atoms with van der Waals surface area (Å²) in [7, 11) is 0. The van der Waals surface area contributed by atoms with Crippen LogP contribution in [0.4, 0.5) is 0 Å². The molecule has 2 fully saturated rings. The first-order chi connectivity index (χ1) is 5.91. The van der Waals surface area contributed by atoms with Gasteiger partial charge in [0.1, 0.15) is 0 Å². The summed E-state index contributed by atoms with van der Waals surface area (Å²) >= 11 is 2.12. The zero-order chi connectivity index (χ0) is 9.80. The van der Waals surface area contributed by atoms with E-state index in [-0.39, 0.29) is 0 Å². The van der Waals surface area contributed by atoms with Gasteiger partial charge in [0.15, 0.2) is 0 Å². The van der Waals surface area contributed by atoms with Crippen LogP contribution in [-0.4, -0.2) is 21.2 Å². The third-order valence-electron chi connectivity index (χ3n) is 4.06. The van der Waals surface area contributed by atoms with E-state index in [0.29, 0.717) is 11.2 Å². The van der Waals surface area contributed by atoms with Crippen molar-refractivity contribution < 1.29 is 5.11 Å². The Bertz CT molecular complexity index is 207. The van der Waals surface area contributed by atoms with Gasteiger partial charge in [0, 0.05) is 16.4 Å². The van der Waals surface area contributed by atoms with E-state index in [1.165, 1.54) is 6.42 Å². The van der Waals surface area contributed by atoms with Gasteiger partial charge in [-0.2, -0.15) is 11.8 Å². The van der Waals surface area contributed by atoms with E-state index < -0.39 is 5.60 Å². The molecule has 2 heterocycles. The zero-order valence-corrected chi connectivity index (χ0v) is 9.77. The molecule has 76 valence electrons. The van der Waals surface area contributed by atoms with Crippen molar-refractivity contribution in [3.63, 3.8) is 0 Å². The zero-order valence-electron chi connectivity index (χ0n) is 8.95. The smallest absolute Gasteiger partial charge is 0.0630 e. The van der Waals surface area contributed by atoms with Crippen molar-refractivity contribution in [2.24, 2.45) is 17.8 Å². The molecule has 13 heavy (non-hydrogen) atoms. The normalized spacial score (nSPS) is 50.1. The second-order valence-corrected chi connectivity index (χ2v) is 6.78. The maximum absolute atomic E-state index is 10.0. The standard InChI is InChI=1S/C11H20OS/c1-6-7(2)10-8(11(3,4)12)5-9(6)13-10/h6-10,12H,5H2,1-4H3. The van der Waals surface area contributed by atoms with E-state index >= 15 is 0 Å². The van der Waals surface area contributed by atoms with Crippen molar-refractivity contribution in [3.05, 3.63) is 0 Å². The van der Waals surface area contributed by atoms with E-state index in [1.807, 2.05) is 13.8 Å². The molecule has 0 saturated carbocycles. The maximum Gasteiger partial charge on any atom is 0.0630 e. The first-order valence-electron chi connectivity index (χ1n) is 5.29. The topological polar surface area (TPSA) is 20.2 Å². The summed E-state index contributed by atoms with van der Waals surface area (Å²) in [6.07, 6.45) is 1.23. The van der Waals surface area contributed by atoms with Crippen LogP contribution in [0.15, 0.2) is 0 Å². The highest BCUT2D eigenvalue weighted by Gasteiger charge is 2.53. The van der Waals surface area contributed by atoms with Gasteiger partial charge in [-0.1, -0.05) is 13.8 Å². The lowest BCUT2D eigenvalue weighted by molar-refractivity contribution is -0.00299. The number of fused-ring (bicyclic) bond motifs is 2. The number of thioether (sulfide) groups is 1. The van der Waals surface area contributed by atoms with E-state index in [2.05, 4.69) is 25.6 Å². The monoisotopic (exact) mass is 200 g/mol. The molecule has 0 amide bonds. The third kappa shape index (κ3) is 1.42. The number of hydrogen-bond acceptors (Lipinski definition) is 2. The van der Waals surface area contributed by atoms with Gasteiger partial charge in [-0.05, 0) is 32.1 Å². The third-order valence-corrected chi connectivity index (χ3v) is 6.10. The number of aliphatic hydroxyl groups is 1. The lowest BCUT2D eigenvalue weighted by Gasteiger charge is -2.37. The van der Waals surface area contributed by atoms with Gasteiger partial charge in [-0.25, -0.2) is 0 Å². The largest absolute Gasteiger partial charge is 0.390 e. The minimum atomic E-state index is -0.471. The fraction of sp³-hybridized carbons (Fsp3) is 1.00. The Morgan fingerprint density at radius 3 is 2.23 bits per heavy atom. The molecule has 1 N–H and O–H groups in total. The molecule has 5 atom stereocenters. The van der Waals surface area contributed by atoms with Gasteiger partial charge in [0.25, 0.3) is 0 Å². The molecule has 0 aliphatic carbocycles. The van der Waals surface area contributed by atoms with Crippen LogP contribution in [0.3, 0.4) is 0 Å². The summed E-state index contributed by atoms with van der Waals surface area (Å²) in [6.45, 7) is 8.65. The van der Waals surface area contributed by atoms with Crippen LogP contribution < -0.4 is 0 Å². The molecule has 0 radical (unpaired) electrons. The molecule has 0 aromatic rings. The first kappa shape index (κ1) is 9.85. The molecule has 1 nitrogen and oxygen atoms in total. The first-order valence-corrected chi connectivity index (χ1v) is 6.23. The van der Waals surface area contributed by atoms with Gasteiger partial charge >= 0.3 is 0 Å². The summed E-state index contributed by atoms with van der Waals surface area (Å²) < 4.78 is 0. The van der Waals surface area contributed by atoms with Gasteiger partial charge in [-0.15, -0.1) is 0 Å². The lowest BCUT2D eigenvalue weighted by atomic mass is 9.70. The molecular weight excluding hydrogens is 180 g/mol. The summed E-state index contributed by atoms with van der Waals surface area (Å²) in [5.74, 6) is 2.17. The Hall–Kier alpha value is 0.310. The van der Waals surface area contributed by atoms with Gasteiger partial charge in [0.2, 0.25) is 0 Å². The highest BCUT2D eigenvalue weighted by molar-refractivity contribution is 8.01. The average Bonchev–Trinajstić information content (AvgIpc) is 2.51. The van der Waals surface area contributed by atoms with E-state index in [0.717, 1.165) is 17.1 Å². The average molecular weight is 200 g/mol. The number of rotatable bonds is 1. The predicted molar refractivity (Wildman–Crippen MR) is 57.9 cm³/mol. The van der Waals surface area contributed by atoms with Crippen LogP contribution in [0.1, 0.15) is 34.1 Å². The second kappa shape index (κ2) is 2.90. The van der Waals surface area contributed by atoms with Crippen molar-refractivity contribution in [2.45, 2.75) is 50.2 Å². The van der Waals surface area contributed by atoms with E-state index in [4.69, 9.17) is 0 Å². The Morgan fingerprint density at radius 1 is 1.23 bits per heavy atom. The van der Waals surface area contributed by atoms with Crippen molar-refractivity contribution in [2.75, 3.05) is 0 Å². The van der Waals surface area contributed by atoms with Gasteiger partial charge in [0.05, 0.1) is 5.60 Å². The number of hydrogen-bond donors (Lipinski definition) is 1. The molecule has 2 heteroatoms. The van der Waals surface area contributed by atoms with Crippen molar-refractivity contribution in [3.8, 4) is 0 Å². The fourth-order valence-electron chi connectivity index (χ4n) is 2.89. The Kier molecular flexibility index (Phi) is 2.20. The molecule has 2 saturated heterocycles. The molecule has 2 aliphatic rings. The van der Waals surface area contributed by atoms with Crippen LogP contribution in [0.5, 0.6) is 0 Å². The molecule has 2 bridgehead atoms. The quantitative estimate of drug-likeness (QED) is 0.702. The van der Waals surface area contributed by atoms with Crippen molar-refractivity contribution >= 4 is 11.8 Å². The molecule has 5 unspecified atom stereocenters. The lowest BCUT2D eigenvalue weighted by Crippen LogP contribution is -2.42. The minimum Gasteiger partial charge on any atom is -0.390 e. The predicted octanol–water partition coefficient (Wildman–Crippen LogP) is 2.53. The Morgan fingerprint density at radius 2 is 1.85 bits per heavy atom. The van der Waals surface area contributed by atoms with E-state index in [9.17, 15) is 5.11 Å². The van der Waals surface area contributed by atoms with Crippen molar-refractivity contribution in [1.29, 1.82) is 0 Å². The van der Waals surface area contributed by atoms with Crippen LogP contribution in [-0.2, 0) is 0 Å². The summed E-state index contributed by atoms with van der Waals surface area (Å²) in [5, 5.41) is 11.6. The second-order valence-electron chi connectivity index (χ2n) is 5.35. The Balaban J connectivity index is 2.15. The van der Waals surface area contributed by atoms with Gasteiger partial charge in [-0.3, -0.25) is 0 Å². The molecule has 0 aromatic heterocycles. The molecule has 2 rings (SSSR count). The van der Waals surface area contributed by atoms with Crippen LogP contribution in [0, 0.1) is 17.8 Å². The van der Waals surface area contributed by atoms with Crippen LogP contribution in [0.2, 0.25) is 0 Å². The molecule has 2 aliphatic heterocycles. The van der Waals surface area contributed by atoms with Crippen molar-refractivity contribution in [1.82, 2.24) is 0 Å². The Labute approximate surface area is 85.3 Å². The SMILES string of the molecule is CC1C2CC(C(C)(C)O)C(S2)C1C. The molecule has 0 aromatic carbocycles. The summed E-state index contributed by atoms with van der Waals surface area (Å²) in [5.41, 5.74) is -0.471. The highest BCUT2D eigenvalue weighted by Crippen LogP contribution is 2.57. The summed E-state index contributed by atoms with van der Waals surface area (Å²) in [4.78, 5) is 0. The fourth-order valence-corrected chi connectivity index (χ4v) is 5.24. The highest BCUT2D eigenvalue weighted by atomic mass is 32.2. The van der Waals surface area contributed by atoms with Crippen LogP contribution >= 0.6 is 11.8 Å². The summed E-state index contributed by atoms with van der Waals surface area (Å²) in [6, 6.07) is 0. The minimum absolute atomic E-state index is 0.471. The van der Waals surface area contributed by atoms with Gasteiger partial charge < -0.3 is 5.11 Å².